The Kier molecular flexibility index (Phi) is 4.61. The van der Waals surface area contributed by atoms with Gasteiger partial charge in [-0.25, -0.2) is 4.98 Å². The van der Waals surface area contributed by atoms with Crippen molar-refractivity contribution < 1.29 is 4.79 Å². The van der Waals surface area contributed by atoms with Crippen LogP contribution in [0.15, 0.2) is 95.9 Å². The van der Waals surface area contributed by atoms with E-state index >= 15 is 0 Å². The predicted molar refractivity (Wildman–Crippen MR) is 121 cm³/mol. The number of aromatic nitrogens is 3. The second kappa shape index (κ2) is 7.72. The quantitative estimate of drug-likeness (QED) is 0.435. The van der Waals surface area contributed by atoms with Gasteiger partial charge in [-0.1, -0.05) is 42.5 Å². The number of para-hydroxylation sites is 3. The lowest BCUT2D eigenvalue weighted by Crippen LogP contribution is -2.19. The molecule has 0 unspecified atom stereocenters. The zero-order chi connectivity index (χ0) is 21.2. The van der Waals surface area contributed by atoms with E-state index in [1.165, 1.54) is 4.40 Å². The Hall–Kier alpha value is -4.52. The Morgan fingerprint density at radius 3 is 2.42 bits per heavy atom. The lowest BCUT2D eigenvalue weighted by Gasteiger charge is -2.12. The number of benzene rings is 3. The summed E-state index contributed by atoms with van der Waals surface area (Å²) in [5, 5.41) is 6.57. The number of anilines is 3. The second-order valence-corrected chi connectivity index (χ2v) is 6.91. The molecule has 5 aromatic rings. The van der Waals surface area contributed by atoms with E-state index in [1.807, 2.05) is 48.5 Å². The predicted octanol–water partition coefficient (Wildman–Crippen LogP) is 4.24. The van der Waals surface area contributed by atoms with Crippen LogP contribution in [0.4, 0.5) is 17.2 Å². The molecule has 0 bridgehead atoms. The fourth-order valence-electron chi connectivity index (χ4n) is 3.36. The lowest BCUT2D eigenvalue weighted by atomic mass is 10.1. The first-order chi connectivity index (χ1) is 15.2. The number of carbonyl (C=O) groups is 1. The van der Waals surface area contributed by atoms with Crippen LogP contribution < -0.4 is 16.2 Å². The van der Waals surface area contributed by atoms with Crippen LogP contribution in [0.2, 0.25) is 0 Å². The molecule has 31 heavy (non-hydrogen) atoms. The Labute approximate surface area is 177 Å². The molecule has 7 nitrogen and oxygen atoms in total. The highest BCUT2D eigenvalue weighted by Crippen LogP contribution is 2.21. The molecule has 0 aliphatic rings. The summed E-state index contributed by atoms with van der Waals surface area (Å²) in [6.45, 7) is 0. The average Bonchev–Trinajstić information content (AvgIpc) is 2.80. The van der Waals surface area contributed by atoms with Gasteiger partial charge in [0, 0.05) is 11.9 Å². The first kappa shape index (κ1) is 18.5. The van der Waals surface area contributed by atoms with E-state index in [-0.39, 0.29) is 17.2 Å². The van der Waals surface area contributed by atoms with E-state index in [4.69, 9.17) is 0 Å². The average molecular weight is 407 g/mol. The van der Waals surface area contributed by atoms with Crippen molar-refractivity contribution in [1.82, 2.24) is 14.4 Å². The first-order valence-corrected chi connectivity index (χ1v) is 9.70. The highest BCUT2D eigenvalue weighted by molar-refractivity contribution is 6.08. The maximum Gasteiger partial charge on any atom is 0.266 e. The third kappa shape index (κ3) is 3.60. The Morgan fingerprint density at radius 1 is 0.806 bits per heavy atom. The summed E-state index contributed by atoms with van der Waals surface area (Å²) in [5.41, 5.74) is 2.37. The van der Waals surface area contributed by atoms with Crippen LogP contribution >= 0.6 is 0 Å². The van der Waals surface area contributed by atoms with Crippen molar-refractivity contribution in [1.29, 1.82) is 0 Å². The molecule has 150 valence electrons. The molecule has 7 heteroatoms. The van der Waals surface area contributed by atoms with Crippen molar-refractivity contribution in [2.45, 2.75) is 0 Å². The summed E-state index contributed by atoms with van der Waals surface area (Å²) in [4.78, 5) is 34.4. The standard InChI is InChI=1S/C24H17N5O2/c30-22(17-10-4-6-12-19(17)25-16-8-2-1-3-9-16)27-21-14-15-29-23(31)18-11-5-7-13-20(18)26-24(29)28-21/h1-15,25H,(H,26,27,28,30). The number of nitrogens with one attached hydrogen (secondary N) is 2. The molecular weight excluding hydrogens is 390 g/mol. The highest BCUT2D eigenvalue weighted by Gasteiger charge is 2.13. The summed E-state index contributed by atoms with van der Waals surface area (Å²) in [6, 6.07) is 25.5. The zero-order valence-electron chi connectivity index (χ0n) is 16.3. The molecule has 5 rings (SSSR count). The van der Waals surface area contributed by atoms with Crippen LogP contribution in [0.5, 0.6) is 0 Å². The van der Waals surface area contributed by atoms with E-state index in [2.05, 4.69) is 20.6 Å². The SMILES string of the molecule is O=C(Nc1ccn2c(=O)c3ccccc3nc2n1)c1ccccc1Nc1ccccc1. The van der Waals surface area contributed by atoms with Crippen molar-refractivity contribution in [2.24, 2.45) is 0 Å². The van der Waals surface area contributed by atoms with Crippen LogP contribution in [-0.2, 0) is 0 Å². The van der Waals surface area contributed by atoms with Crippen LogP contribution in [0.25, 0.3) is 16.7 Å². The minimum absolute atomic E-state index is 0.205. The van der Waals surface area contributed by atoms with Crippen molar-refractivity contribution in [3.05, 3.63) is 107 Å². The van der Waals surface area contributed by atoms with Crippen molar-refractivity contribution in [3.8, 4) is 0 Å². The van der Waals surface area contributed by atoms with Crippen LogP contribution in [0.1, 0.15) is 10.4 Å². The molecule has 0 atom stereocenters. The van der Waals surface area contributed by atoms with Crippen molar-refractivity contribution in [3.63, 3.8) is 0 Å². The van der Waals surface area contributed by atoms with Gasteiger partial charge in [0.2, 0.25) is 5.78 Å². The number of nitrogens with zero attached hydrogens (tertiary/aromatic N) is 3. The second-order valence-electron chi connectivity index (χ2n) is 6.91. The van der Waals surface area contributed by atoms with Crippen molar-refractivity contribution >= 4 is 39.8 Å². The van der Waals surface area contributed by atoms with E-state index in [0.717, 1.165) is 5.69 Å². The Morgan fingerprint density at radius 2 is 1.55 bits per heavy atom. The molecule has 1 amide bonds. The minimum atomic E-state index is -0.320. The molecule has 2 heterocycles. The Bertz CT molecular complexity index is 1480. The van der Waals surface area contributed by atoms with Gasteiger partial charge in [-0.3, -0.25) is 14.0 Å². The summed E-state index contributed by atoms with van der Waals surface area (Å²) in [7, 11) is 0. The molecule has 0 saturated heterocycles. The third-order valence-electron chi connectivity index (χ3n) is 4.86. The van der Waals surface area contributed by atoms with Gasteiger partial charge in [0.05, 0.1) is 22.2 Å². The number of carbonyl (C=O) groups excluding carboxylic acids is 1. The van der Waals surface area contributed by atoms with Gasteiger partial charge < -0.3 is 10.6 Å². The smallest absolute Gasteiger partial charge is 0.266 e. The topological polar surface area (TPSA) is 88.4 Å². The van der Waals surface area contributed by atoms with Crippen molar-refractivity contribution in [2.75, 3.05) is 10.6 Å². The molecule has 0 saturated carbocycles. The molecule has 0 fully saturated rings. The summed E-state index contributed by atoms with van der Waals surface area (Å²) >= 11 is 0. The largest absolute Gasteiger partial charge is 0.355 e. The number of hydrogen-bond donors (Lipinski definition) is 2. The molecule has 2 N–H and O–H groups in total. The van der Waals surface area contributed by atoms with Crippen LogP contribution in [-0.4, -0.2) is 20.3 Å². The van der Waals surface area contributed by atoms with Gasteiger partial charge in [-0.15, -0.1) is 0 Å². The van der Waals surface area contributed by atoms with Gasteiger partial charge in [0.25, 0.3) is 11.5 Å². The normalized spacial score (nSPS) is 10.8. The number of amides is 1. The molecule has 0 spiro atoms. The number of hydrogen-bond acceptors (Lipinski definition) is 5. The molecule has 2 aromatic heterocycles. The Balaban J connectivity index is 1.47. The van der Waals surface area contributed by atoms with Crippen LogP contribution in [0.3, 0.4) is 0 Å². The lowest BCUT2D eigenvalue weighted by molar-refractivity contribution is 0.102. The summed E-state index contributed by atoms with van der Waals surface area (Å²) in [6.07, 6.45) is 1.56. The van der Waals surface area contributed by atoms with Gasteiger partial charge in [-0.2, -0.15) is 4.98 Å². The monoisotopic (exact) mass is 407 g/mol. The van der Waals surface area contributed by atoms with Gasteiger partial charge in [0.1, 0.15) is 5.82 Å². The van der Waals surface area contributed by atoms with E-state index in [0.29, 0.717) is 28.0 Å². The maximum atomic E-state index is 13.0. The van der Waals surface area contributed by atoms with Crippen LogP contribution in [0, 0.1) is 0 Å². The molecule has 0 aliphatic heterocycles. The molecule has 0 aliphatic carbocycles. The summed E-state index contributed by atoms with van der Waals surface area (Å²) in [5.74, 6) is 0.206. The molecule has 0 radical (unpaired) electrons. The zero-order valence-corrected chi connectivity index (χ0v) is 16.3. The molecular formula is C24H17N5O2. The van der Waals surface area contributed by atoms with E-state index in [1.54, 1.807) is 42.6 Å². The summed E-state index contributed by atoms with van der Waals surface area (Å²) < 4.78 is 1.36. The fourth-order valence-corrected chi connectivity index (χ4v) is 3.36. The third-order valence-corrected chi connectivity index (χ3v) is 4.86. The number of rotatable bonds is 4. The maximum absolute atomic E-state index is 13.0. The van der Waals surface area contributed by atoms with Gasteiger partial charge in [0.15, 0.2) is 0 Å². The first-order valence-electron chi connectivity index (χ1n) is 9.70. The fraction of sp³-hybridized carbons (Fsp3) is 0. The van der Waals surface area contributed by atoms with Gasteiger partial charge in [-0.05, 0) is 42.5 Å². The minimum Gasteiger partial charge on any atom is -0.355 e. The molecule has 3 aromatic carbocycles. The van der Waals surface area contributed by atoms with E-state index in [9.17, 15) is 9.59 Å². The van der Waals surface area contributed by atoms with E-state index < -0.39 is 0 Å². The van der Waals surface area contributed by atoms with Gasteiger partial charge >= 0.3 is 0 Å². The number of fused-ring (bicyclic) bond motifs is 2. The highest BCUT2D eigenvalue weighted by atomic mass is 16.1.